The van der Waals surface area contributed by atoms with Crippen molar-refractivity contribution in [2.24, 2.45) is 0 Å². The molecule has 0 heterocycles. The Hall–Kier alpha value is -2.18. The molecule has 0 saturated carbocycles. The molecular weight excluding hydrogens is 310 g/mol. The van der Waals surface area contributed by atoms with Gasteiger partial charge in [0.1, 0.15) is 0 Å². The molecule has 126 valence electrons. The second kappa shape index (κ2) is 13.5. The van der Waals surface area contributed by atoms with E-state index >= 15 is 0 Å². The van der Waals surface area contributed by atoms with Gasteiger partial charge >= 0.3 is 6.40 Å². The molecule has 2 rings (SSSR count). The standard InChI is InChI=1S/C8H10N2O2.C8H11N.CH4S/c1-9-12-8-4-2-3-7(5-8)10-6-11;1-7-3-5-8(9-2)6-4-7;1-2/h2-6,9H,1H3,(H,10,11);3-6,9H,1-2H3;2H,1H3/p+1. The Morgan fingerprint density at radius 2 is 1.74 bits per heavy atom. The maximum atomic E-state index is 8.45. The lowest BCUT2D eigenvalue weighted by atomic mass is 10.2. The molecule has 0 radical (unpaired) electrons. The van der Waals surface area contributed by atoms with Gasteiger partial charge in [-0.25, -0.2) is 0 Å². The Labute approximate surface area is 143 Å². The van der Waals surface area contributed by atoms with E-state index in [4.69, 9.17) is 9.94 Å². The van der Waals surface area contributed by atoms with Gasteiger partial charge in [-0.15, -0.1) is 0 Å². The summed E-state index contributed by atoms with van der Waals surface area (Å²) in [5, 5.41) is 11.5. The molecule has 0 atom stereocenters. The topological polar surface area (TPSA) is 67.5 Å². The summed E-state index contributed by atoms with van der Waals surface area (Å²) in [4.78, 5) is 7.64. The molecule has 2 aromatic rings. The number of hydrogen-bond acceptors (Lipinski definition) is 4. The Morgan fingerprint density at radius 3 is 2.26 bits per heavy atom. The summed E-state index contributed by atoms with van der Waals surface area (Å²) in [6.45, 7) is 2.08. The van der Waals surface area contributed by atoms with Crippen molar-refractivity contribution < 1.29 is 14.9 Å². The molecule has 0 fully saturated rings. The SMILES string of the molecule is CNOc1cccc([NH+]=CO)c1.CNc1ccc(C)cc1.CS. The summed E-state index contributed by atoms with van der Waals surface area (Å²) >= 11 is 3.53. The Kier molecular flexibility index (Phi) is 12.2. The zero-order chi connectivity index (χ0) is 17.5. The van der Waals surface area contributed by atoms with E-state index in [0.29, 0.717) is 5.75 Å². The molecule has 0 spiro atoms. The van der Waals surface area contributed by atoms with Gasteiger partial charge in [0.2, 0.25) is 5.69 Å². The minimum atomic E-state index is 0.685. The van der Waals surface area contributed by atoms with Crippen molar-refractivity contribution in [1.29, 1.82) is 0 Å². The number of nitrogens with one attached hydrogen (secondary N) is 3. The van der Waals surface area contributed by atoms with Crippen molar-refractivity contribution in [3.8, 4) is 5.75 Å². The molecule has 0 saturated heterocycles. The molecule has 0 amide bonds. The number of aliphatic hydroxyl groups excluding tert-OH is 1. The van der Waals surface area contributed by atoms with E-state index in [9.17, 15) is 0 Å². The van der Waals surface area contributed by atoms with Crippen molar-refractivity contribution in [2.45, 2.75) is 6.92 Å². The molecule has 4 N–H and O–H groups in total. The fourth-order valence-electron chi connectivity index (χ4n) is 1.56. The minimum absolute atomic E-state index is 0.685. The number of anilines is 1. The third kappa shape index (κ3) is 9.44. The zero-order valence-corrected chi connectivity index (χ0v) is 14.9. The van der Waals surface area contributed by atoms with E-state index in [0.717, 1.165) is 12.1 Å². The van der Waals surface area contributed by atoms with E-state index in [-0.39, 0.29) is 0 Å². The van der Waals surface area contributed by atoms with Crippen molar-refractivity contribution in [2.75, 3.05) is 25.7 Å². The van der Waals surface area contributed by atoms with E-state index in [1.807, 2.05) is 19.2 Å². The molecule has 2 aromatic carbocycles. The molecule has 23 heavy (non-hydrogen) atoms. The highest BCUT2D eigenvalue weighted by Crippen LogP contribution is 2.11. The van der Waals surface area contributed by atoms with Crippen LogP contribution in [0, 0.1) is 6.92 Å². The minimum Gasteiger partial charge on any atom is -0.465 e. The van der Waals surface area contributed by atoms with Gasteiger partial charge < -0.3 is 15.3 Å². The molecule has 0 aliphatic heterocycles. The van der Waals surface area contributed by atoms with Crippen LogP contribution >= 0.6 is 12.6 Å². The highest BCUT2D eigenvalue weighted by molar-refractivity contribution is 7.79. The second-order valence-corrected chi connectivity index (χ2v) is 4.22. The summed E-state index contributed by atoms with van der Waals surface area (Å²) in [7, 11) is 3.60. The van der Waals surface area contributed by atoms with Gasteiger partial charge in [-0.2, -0.15) is 23.1 Å². The highest BCUT2D eigenvalue weighted by Gasteiger charge is 1.97. The predicted molar refractivity (Wildman–Crippen MR) is 101 cm³/mol. The monoisotopic (exact) mass is 336 g/mol. The number of hydroxylamine groups is 1. The number of aryl methyl sites for hydroxylation is 1. The van der Waals surface area contributed by atoms with Crippen LogP contribution in [0.15, 0.2) is 48.5 Å². The molecule has 0 aliphatic rings. The van der Waals surface area contributed by atoms with Crippen molar-refractivity contribution in [1.82, 2.24) is 5.48 Å². The third-order valence-corrected chi connectivity index (χ3v) is 2.63. The van der Waals surface area contributed by atoms with Crippen LogP contribution in [0.1, 0.15) is 5.56 Å². The van der Waals surface area contributed by atoms with Crippen molar-refractivity contribution >= 4 is 30.4 Å². The molecule has 0 aromatic heterocycles. The van der Waals surface area contributed by atoms with Gasteiger partial charge in [0.05, 0.1) is 6.07 Å². The summed E-state index contributed by atoms with van der Waals surface area (Å²) in [5.74, 6) is 0.685. The average molecular weight is 336 g/mol. The van der Waals surface area contributed by atoms with Crippen molar-refractivity contribution in [3.05, 3.63) is 54.1 Å². The van der Waals surface area contributed by atoms with Crippen LogP contribution in [0.2, 0.25) is 0 Å². The molecule has 6 heteroatoms. The predicted octanol–water partition coefficient (Wildman–Crippen LogP) is 2.08. The van der Waals surface area contributed by atoms with Crippen LogP contribution < -0.4 is 20.6 Å². The van der Waals surface area contributed by atoms with Crippen LogP contribution in [0.5, 0.6) is 5.75 Å². The van der Waals surface area contributed by atoms with E-state index in [2.05, 4.69) is 59.6 Å². The van der Waals surface area contributed by atoms with Crippen LogP contribution in [-0.2, 0) is 0 Å². The first-order valence-electron chi connectivity index (χ1n) is 7.05. The molecular formula is C17H26N3O2S+. The number of aliphatic hydroxyl groups is 1. The average Bonchev–Trinajstić information content (AvgIpc) is 2.59. The normalized spacial score (nSPS) is 9.26. The lowest BCUT2D eigenvalue weighted by molar-refractivity contribution is -0.358. The number of benzene rings is 2. The number of thiol groups is 1. The van der Waals surface area contributed by atoms with Gasteiger partial charge in [0, 0.05) is 25.8 Å². The fourth-order valence-corrected chi connectivity index (χ4v) is 1.56. The van der Waals surface area contributed by atoms with E-state index < -0.39 is 0 Å². The maximum absolute atomic E-state index is 8.45. The Balaban J connectivity index is 0.000000392. The van der Waals surface area contributed by atoms with Crippen molar-refractivity contribution in [3.63, 3.8) is 0 Å². The molecule has 5 nitrogen and oxygen atoms in total. The van der Waals surface area contributed by atoms with Gasteiger partial charge in [-0.3, -0.25) is 0 Å². The quantitative estimate of drug-likeness (QED) is 0.257. The van der Waals surface area contributed by atoms with E-state index in [1.54, 1.807) is 25.4 Å². The largest absolute Gasteiger partial charge is 0.465 e. The van der Waals surface area contributed by atoms with Crippen LogP contribution in [-0.4, -0.2) is 31.9 Å². The summed E-state index contributed by atoms with van der Waals surface area (Å²) in [5.41, 5.74) is 5.79. The molecule has 0 aliphatic carbocycles. The summed E-state index contributed by atoms with van der Waals surface area (Å²) in [6, 6.07) is 15.5. The Bertz CT molecular complexity index is 560. The zero-order valence-electron chi connectivity index (χ0n) is 14.0. The maximum Gasteiger partial charge on any atom is 0.325 e. The van der Waals surface area contributed by atoms with Crippen LogP contribution in [0.3, 0.4) is 0 Å². The van der Waals surface area contributed by atoms with Crippen LogP contribution in [0.4, 0.5) is 11.4 Å². The summed E-state index contributed by atoms with van der Waals surface area (Å²) in [6.07, 6.45) is 2.57. The smallest absolute Gasteiger partial charge is 0.325 e. The van der Waals surface area contributed by atoms with E-state index in [1.165, 1.54) is 11.3 Å². The lowest BCUT2D eigenvalue weighted by Crippen LogP contribution is -2.61. The second-order valence-electron chi connectivity index (χ2n) is 4.22. The first-order chi connectivity index (χ1) is 11.2. The molecule has 0 bridgehead atoms. The summed E-state index contributed by atoms with van der Waals surface area (Å²) < 4.78 is 0. The van der Waals surface area contributed by atoms with Gasteiger partial charge in [-0.05, 0) is 31.4 Å². The van der Waals surface area contributed by atoms with Gasteiger partial charge in [-0.1, -0.05) is 23.8 Å². The molecule has 0 unspecified atom stereocenters. The number of rotatable bonds is 4. The third-order valence-electron chi connectivity index (χ3n) is 2.63. The fraction of sp³-hybridized carbons (Fsp3) is 0.235. The van der Waals surface area contributed by atoms with Crippen LogP contribution in [0.25, 0.3) is 0 Å². The first kappa shape index (κ1) is 20.8. The van der Waals surface area contributed by atoms with Gasteiger partial charge in [0.25, 0.3) is 0 Å². The Morgan fingerprint density at radius 1 is 1.09 bits per heavy atom. The first-order valence-corrected chi connectivity index (χ1v) is 7.94. The van der Waals surface area contributed by atoms with Gasteiger partial charge in [0.15, 0.2) is 5.75 Å². The lowest BCUT2D eigenvalue weighted by Gasteiger charge is -2.00. The number of hydrogen-bond donors (Lipinski definition) is 5. The highest BCUT2D eigenvalue weighted by atomic mass is 32.1.